The maximum Gasteiger partial charge on any atom is 0.165 e. The van der Waals surface area contributed by atoms with Crippen molar-refractivity contribution in [2.45, 2.75) is 19.8 Å². The standard InChI is InChI=1S/C10H11FO/c1-7-4-5-9(11)10-8(7)3-2-6-12-10/h4-5H,2-3,6H2,1H3. The maximum absolute atomic E-state index is 13.1. The third-order valence-corrected chi connectivity index (χ3v) is 2.26. The molecular formula is C10H11FO. The van der Waals surface area contributed by atoms with Crippen LogP contribution in [0.4, 0.5) is 4.39 Å². The third-order valence-electron chi connectivity index (χ3n) is 2.26. The van der Waals surface area contributed by atoms with Crippen molar-refractivity contribution < 1.29 is 9.13 Å². The lowest BCUT2D eigenvalue weighted by Gasteiger charge is -2.19. The Morgan fingerprint density at radius 1 is 1.42 bits per heavy atom. The highest BCUT2D eigenvalue weighted by molar-refractivity contribution is 5.41. The second kappa shape index (κ2) is 2.77. The molecule has 1 aliphatic rings. The van der Waals surface area contributed by atoms with Crippen LogP contribution in [0.15, 0.2) is 12.1 Å². The molecular weight excluding hydrogens is 155 g/mol. The fraction of sp³-hybridized carbons (Fsp3) is 0.400. The van der Waals surface area contributed by atoms with Crippen molar-refractivity contribution in [2.24, 2.45) is 0 Å². The summed E-state index contributed by atoms with van der Waals surface area (Å²) < 4.78 is 18.4. The molecule has 1 aromatic rings. The summed E-state index contributed by atoms with van der Waals surface area (Å²) in [4.78, 5) is 0. The van der Waals surface area contributed by atoms with Crippen LogP contribution in [0, 0.1) is 12.7 Å². The Balaban J connectivity index is 2.57. The molecule has 0 bridgehead atoms. The zero-order valence-corrected chi connectivity index (χ0v) is 7.06. The van der Waals surface area contributed by atoms with Crippen LogP contribution in [-0.4, -0.2) is 6.61 Å². The van der Waals surface area contributed by atoms with Gasteiger partial charge in [-0.2, -0.15) is 0 Å². The molecule has 0 aliphatic carbocycles. The summed E-state index contributed by atoms with van der Waals surface area (Å²) in [7, 11) is 0. The quantitative estimate of drug-likeness (QED) is 0.575. The number of ether oxygens (including phenoxy) is 1. The molecule has 0 saturated heterocycles. The van der Waals surface area contributed by atoms with Gasteiger partial charge in [-0.25, -0.2) is 4.39 Å². The third kappa shape index (κ3) is 1.07. The van der Waals surface area contributed by atoms with Gasteiger partial charge in [0, 0.05) is 5.56 Å². The predicted octanol–water partition coefficient (Wildman–Crippen LogP) is 2.46. The maximum atomic E-state index is 13.1. The van der Waals surface area contributed by atoms with Gasteiger partial charge in [0.05, 0.1) is 6.61 Å². The van der Waals surface area contributed by atoms with Crippen LogP contribution in [-0.2, 0) is 6.42 Å². The molecule has 0 amide bonds. The SMILES string of the molecule is Cc1ccc(F)c2c1CCCO2. The number of benzene rings is 1. The largest absolute Gasteiger partial charge is 0.490 e. The highest BCUT2D eigenvalue weighted by Gasteiger charge is 2.16. The lowest BCUT2D eigenvalue weighted by Crippen LogP contribution is -2.11. The summed E-state index contributed by atoms with van der Waals surface area (Å²) in [5, 5.41) is 0. The van der Waals surface area contributed by atoms with Crippen LogP contribution in [0.25, 0.3) is 0 Å². The zero-order valence-electron chi connectivity index (χ0n) is 7.06. The van der Waals surface area contributed by atoms with E-state index in [2.05, 4.69) is 0 Å². The smallest absolute Gasteiger partial charge is 0.165 e. The molecule has 0 aromatic heterocycles. The highest BCUT2D eigenvalue weighted by Crippen LogP contribution is 2.30. The Kier molecular flexibility index (Phi) is 1.75. The van der Waals surface area contributed by atoms with Crippen molar-refractivity contribution >= 4 is 0 Å². The van der Waals surface area contributed by atoms with Crippen LogP contribution in [0.5, 0.6) is 5.75 Å². The summed E-state index contributed by atoms with van der Waals surface area (Å²) in [5.74, 6) is 0.247. The molecule has 12 heavy (non-hydrogen) atoms. The minimum Gasteiger partial charge on any atom is -0.490 e. The second-order valence-electron chi connectivity index (χ2n) is 3.12. The molecule has 0 fully saturated rings. The molecule has 0 unspecified atom stereocenters. The molecule has 0 atom stereocenters. The Bertz CT molecular complexity index is 276. The van der Waals surface area contributed by atoms with Crippen LogP contribution in [0.1, 0.15) is 17.5 Å². The van der Waals surface area contributed by atoms with Crippen LogP contribution in [0.2, 0.25) is 0 Å². The van der Waals surface area contributed by atoms with Crippen LogP contribution in [0.3, 0.4) is 0 Å². The lowest BCUT2D eigenvalue weighted by molar-refractivity contribution is 0.272. The summed E-state index contributed by atoms with van der Waals surface area (Å²) in [6.07, 6.45) is 1.94. The molecule has 1 nitrogen and oxygen atoms in total. The van der Waals surface area contributed by atoms with E-state index in [1.807, 2.05) is 13.0 Å². The molecule has 0 spiro atoms. The zero-order chi connectivity index (χ0) is 8.55. The van der Waals surface area contributed by atoms with Gasteiger partial charge in [-0.05, 0) is 31.4 Å². The van der Waals surface area contributed by atoms with Crippen molar-refractivity contribution in [3.8, 4) is 5.75 Å². The topological polar surface area (TPSA) is 9.23 Å². The molecule has 0 radical (unpaired) electrons. The normalized spacial score (nSPS) is 15.2. The fourth-order valence-corrected chi connectivity index (χ4v) is 1.59. The van der Waals surface area contributed by atoms with Gasteiger partial charge in [0.2, 0.25) is 0 Å². The minimum absolute atomic E-state index is 0.227. The van der Waals surface area contributed by atoms with E-state index in [9.17, 15) is 4.39 Å². The van der Waals surface area contributed by atoms with Gasteiger partial charge in [-0.15, -0.1) is 0 Å². The van der Waals surface area contributed by atoms with Gasteiger partial charge < -0.3 is 4.74 Å². The Labute approximate surface area is 71.2 Å². The van der Waals surface area contributed by atoms with Gasteiger partial charge in [-0.3, -0.25) is 0 Å². The van der Waals surface area contributed by atoms with Crippen LogP contribution < -0.4 is 4.74 Å². The van der Waals surface area contributed by atoms with Gasteiger partial charge in [0.25, 0.3) is 0 Å². The number of fused-ring (bicyclic) bond motifs is 1. The van der Waals surface area contributed by atoms with E-state index in [-0.39, 0.29) is 5.82 Å². The second-order valence-corrected chi connectivity index (χ2v) is 3.12. The van der Waals surface area contributed by atoms with Crippen LogP contribution >= 0.6 is 0 Å². The van der Waals surface area contributed by atoms with Gasteiger partial charge >= 0.3 is 0 Å². The number of rotatable bonds is 0. The van der Waals surface area contributed by atoms with Crippen molar-refractivity contribution in [1.82, 2.24) is 0 Å². The lowest BCUT2D eigenvalue weighted by atomic mass is 10.0. The highest BCUT2D eigenvalue weighted by atomic mass is 19.1. The van der Waals surface area contributed by atoms with E-state index < -0.39 is 0 Å². The molecule has 64 valence electrons. The van der Waals surface area contributed by atoms with E-state index in [1.165, 1.54) is 6.07 Å². The molecule has 0 saturated carbocycles. The molecule has 1 aromatic carbocycles. The molecule has 0 N–H and O–H groups in total. The monoisotopic (exact) mass is 166 g/mol. The number of hydrogen-bond donors (Lipinski definition) is 0. The van der Waals surface area contributed by atoms with Gasteiger partial charge in [-0.1, -0.05) is 6.07 Å². The first-order chi connectivity index (χ1) is 5.79. The van der Waals surface area contributed by atoms with Crippen molar-refractivity contribution in [1.29, 1.82) is 0 Å². The average molecular weight is 166 g/mol. The van der Waals surface area contributed by atoms with E-state index in [0.29, 0.717) is 12.4 Å². The molecule has 2 rings (SSSR count). The number of aryl methyl sites for hydroxylation is 1. The van der Waals surface area contributed by atoms with E-state index in [0.717, 1.165) is 24.0 Å². The average Bonchev–Trinajstić information content (AvgIpc) is 2.12. The van der Waals surface area contributed by atoms with Crippen molar-refractivity contribution in [2.75, 3.05) is 6.61 Å². The summed E-state index contributed by atoms with van der Waals surface area (Å²) in [6.45, 7) is 2.64. The number of halogens is 1. The van der Waals surface area contributed by atoms with Crippen molar-refractivity contribution in [3.05, 3.63) is 29.1 Å². The Morgan fingerprint density at radius 2 is 2.25 bits per heavy atom. The summed E-state index contributed by atoms with van der Waals surface area (Å²) in [5.41, 5.74) is 2.17. The Morgan fingerprint density at radius 3 is 3.00 bits per heavy atom. The first-order valence-corrected chi connectivity index (χ1v) is 4.20. The van der Waals surface area contributed by atoms with E-state index in [1.54, 1.807) is 0 Å². The van der Waals surface area contributed by atoms with Gasteiger partial charge in [0.1, 0.15) is 0 Å². The summed E-state index contributed by atoms with van der Waals surface area (Å²) >= 11 is 0. The first-order valence-electron chi connectivity index (χ1n) is 4.20. The molecule has 1 aliphatic heterocycles. The molecule has 1 heterocycles. The predicted molar refractivity (Wildman–Crippen MR) is 45.0 cm³/mol. The van der Waals surface area contributed by atoms with Crippen molar-refractivity contribution in [3.63, 3.8) is 0 Å². The molecule has 2 heteroatoms. The van der Waals surface area contributed by atoms with Gasteiger partial charge in [0.15, 0.2) is 11.6 Å². The minimum atomic E-state index is -0.227. The number of hydrogen-bond acceptors (Lipinski definition) is 1. The van der Waals surface area contributed by atoms with E-state index in [4.69, 9.17) is 4.74 Å². The summed E-state index contributed by atoms with van der Waals surface area (Å²) in [6, 6.07) is 3.28. The fourth-order valence-electron chi connectivity index (χ4n) is 1.59. The Hall–Kier alpha value is -1.05. The first kappa shape index (κ1) is 7.59. The van der Waals surface area contributed by atoms with E-state index >= 15 is 0 Å².